The van der Waals surface area contributed by atoms with Crippen LogP contribution in [-0.4, -0.2) is 0 Å². The first kappa shape index (κ1) is 22.6. The Bertz CT molecular complexity index is 255. The third-order valence-corrected chi connectivity index (χ3v) is 4.78. The van der Waals surface area contributed by atoms with Gasteiger partial charge < -0.3 is 0 Å². The third kappa shape index (κ3) is 21.6. The Labute approximate surface area is 148 Å². The van der Waals surface area contributed by atoms with Crippen LogP contribution in [0.15, 0.2) is 0 Å². The van der Waals surface area contributed by atoms with Crippen molar-refractivity contribution in [3.05, 3.63) is 6.92 Å². The fraction of sp³-hybridized carbons (Fsp3) is 0.870. The molecule has 0 rings (SSSR count). The molecule has 135 valence electrons. The average molecular weight is 320 g/mol. The van der Waals surface area contributed by atoms with Crippen molar-refractivity contribution in [2.24, 2.45) is 0 Å². The molecular formula is C23H43. The Morgan fingerprint density at radius 2 is 0.783 bits per heavy atom. The Balaban J connectivity index is 2.95. The molecule has 0 saturated heterocycles. The van der Waals surface area contributed by atoms with Crippen LogP contribution in [0.25, 0.3) is 0 Å². The van der Waals surface area contributed by atoms with Crippen molar-refractivity contribution in [2.45, 2.75) is 129 Å². The highest BCUT2D eigenvalue weighted by atomic mass is 14.0. The summed E-state index contributed by atoms with van der Waals surface area (Å²) < 4.78 is 0. The molecule has 0 aliphatic carbocycles. The van der Waals surface area contributed by atoms with Crippen LogP contribution < -0.4 is 0 Å². The van der Waals surface area contributed by atoms with E-state index in [1.807, 2.05) is 0 Å². The van der Waals surface area contributed by atoms with E-state index < -0.39 is 0 Å². The molecule has 0 saturated carbocycles. The maximum Gasteiger partial charge on any atom is 0.0198 e. The first-order valence-electron chi connectivity index (χ1n) is 10.7. The van der Waals surface area contributed by atoms with Gasteiger partial charge in [-0.2, -0.15) is 0 Å². The van der Waals surface area contributed by atoms with Crippen molar-refractivity contribution in [1.82, 2.24) is 0 Å². The van der Waals surface area contributed by atoms with Crippen LogP contribution in [0.1, 0.15) is 129 Å². The predicted molar refractivity (Wildman–Crippen MR) is 107 cm³/mol. The van der Waals surface area contributed by atoms with Gasteiger partial charge in [-0.15, -0.1) is 11.8 Å². The quantitative estimate of drug-likeness (QED) is 0.176. The molecule has 0 atom stereocenters. The van der Waals surface area contributed by atoms with Gasteiger partial charge in [0.15, 0.2) is 0 Å². The molecule has 0 spiro atoms. The molecule has 0 bridgehead atoms. The fourth-order valence-corrected chi connectivity index (χ4v) is 3.20. The molecule has 0 amide bonds. The van der Waals surface area contributed by atoms with Crippen LogP contribution in [0.2, 0.25) is 0 Å². The maximum atomic E-state index is 3.54. The molecule has 0 heteroatoms. The lowest BCUT2D eigenvalue weighted by molar-refractivity contribution is 0.525. The smallest absolute Gasteiger partial charge is 0.0198 e. The topological polar surface area (TPSA) is 0 Å². The van der Waals surface area contributed by atoms with E-state index in [0.29, 0.717) is 0 Å². The third-order valence-electron chi connectivity index (χ3n) is 4.78. The molecule has 0 N–H and O–H groups in total. The SMILES string of the molecule is [CH2]C#CCCCCCCCCCCCCCCCCCCCC. The van der Waals surface area contributed by atoms with Gasteiger partial charge in [-0.1, -0.05) is 116 Å². The minimum Gasteiger partial charge on any atom is -0.103 e. The first-order valence-corrected chi connectivity index (χ1v) is 10.7. The van der Waals surface area contributed by atoms with Crippen LogP contribution >= 0.6 is 0 Å². The van der Waals surface area contributed by atoms with Crippen molar-refractivity contribution in [1.29, 1.82) is 0 Å². The standard InChI is InChI=1S/C23H43/c1-3-5-7-9-11-13-15-17-19-21-23-22-20-18-16-14-12-10-8-6-4-2/h1,4,6-23H2,2H3. The second-order valence-electron chi connectivity index (χ2n) is 7.11. The summed E-state index contributed by atoms with van der Waals surface area (Å²) >= 11 is 0. The molecular weight excluding hydrogens is 276 g/mol. The van der Waals surface area contributed by atoms with Crippen LogP contribution in [0, 0.1) is 18.8 Å². The summed E-state index contributed by atoms with van der Waals surface area (Å²) in [5.74, 6) is 5.77. The van der Waals surface area contributed by atoms with E-state index in [-0.39, 0.29) is 0 Å². The van der Waals surface area contributed by atoms with Gasteiger partial charge in [0.05, 0.1) is 0 Å². The molecule has 0 heterocycles. The van der Waals surface area contributed by atoms with Gasteiger partial charge in [0.25, 0.3) is 0 Å². The number of unbranched alkanes of at least 4 members (excludes halogenated alkanes) is 18. The lowest BCUT2D eigenvalue weighted by Crippen LogP contribution is -1.84. The molecule has 1 radical (unpaired) electrons. The van der Waals surface area contributed by atoms with Crippen LogP contribution in [0.4, 0.5) is 0 Å². The number of rotatable bonds is 18. The Morgan fingerprint density at radius 3 is 1.09 bits per heavy atom. The maximum absolute atomic E-state index is 3.54. The molecule has 0 aromatic heterocycles. The molecule has 23 heavy (non-hydrogen) atoms. The normalized spacial score (nSPS) is 10.5. The van der Waals surface area contributed by atoms with E-state index >= 15 is 0 Å². The van der Waals surface area contributed by atoms with Gasteiger partial charge in [0, 0.05) is 13.3 Å². The van der Waals surface area contributed by atoms with E-state index in [0.717, 1.165) is 6.42 Å². The van der Waals surface area contributed by atoms with Gasteiger partial charge in [-0.05, 0) is 6.42 Å². The molecule has 0 nitrogen and oxygen atoms in total. The van der Waals surface area contributed by atoms with Crippen LogP contribution in [0.3, 0.4) is 0 Å². The zero-order chi connectivity index (χ0) is 16.8. The summed E-state index contributed by atoms with van der Waals surface area (Å²) in [5, 5.41) is 0. The minimum atomic E-state index is 1.04. The second kappa shape index (κ2) is 21.6. The fourth-order valence-electron chi connectivity index (χ4n) is 3.20. The van der Waals surface area contributed by atoms with Crippen LogP contribution in [0.5, 0.6) is 0 Å². The van der Waals surface area contributed by atoms with Gasteiger partial charge in [0.2, 0.25) is 0 Å². The predicted octanol–water partition coefficient (Wildman–Crippen LogP) is 8.26. The van der Waals surface area contributed by atoms with Crippen molar-refractivity contribution in [3.63, 3.8) is 0 Å². The highest BCUT2D eigenvalue weighted by molar-refractivity contribution is 5.00. The van der Waals surface area contributed by atoms with E-state index in [9.17, 15) is 0 Å². The van der Waals surface area contributed by atoms with E-state index in [2.05, 4.69) is 25.7 Å². The lowest BCUT2D eigenvalue weighted by atomic mass is 10.0. The zero-order valence-electron chi connectivity index (χ0n) is 16.1. The second-order valence-corrected chi connectivity index (χ2v) is 7.11. The molecule has 0 aromatic carbocycles. The van der Waals surface area contributed by atoms with Crippen molar-refractivity contribution in [3.8, 4) is 11.8 Å². The molecule has 0 aliphatic heterocycles. The summed E-state index contributed by atoms with van der Waals surface area (Å²) in [6, 6.07) is 0. The Morgan fingerprint density at radius 1 is 0.478 bits per heavy atom. The summed E-state index contributed by atoms with van der Waals surface area (Å²) in [7, 11) is 0. The Hall–Kier alpha value is -0.440. The molecule has 0 aliphatic rings. The van der Waals surface area contributed by atoms with Gasteiger partial charge in [-0.25, -0.2) is 0 Å². The average Bonchev–Trinajstić information content (AvgIpc) is 2.57. The summed E-state index contributed by atoms with van der Waals surface area (Å²) in [6.07, 6.45) is 26.9. The lowest BCUT2D eigenvalue weighted by Gasteiger charge is -2.03. The molecule has 0 aromatic rings. The molecule has 0 fully saturated rings. The largest absolute Gasteiger partial charge is 0.103 e. The van der Waals surface area contributed by atoms with Gasteiger partial charge in [-0.3, -0.25) is 0 Å². The summed E-state index contributed by atoms with van der Waals surface area (Å²) in [4.78, 5) is 0. The van der Waals surface area contributed by atoms with Crippen LogP contribution in [-0.2, 0) is 0 Å². The van der Waals surface area contributed by atoms with Crippen molar-refractivity contribution < 1.29 is 0 Å². The highest BCUT2D eigenvalue weighted by Gasteiger charge is 1.94. The number of hydrogen-bond donors (Lipinski definition) is 0. The van der Waals surface area contributed by atoms with Gasteiger partial charge >= 0.3 is 0 Å². The van der Waals surface area contributed by atoms with E-state index in [1.54, 1.807) is 0 Å². The summed E-state index contributed by atoms with van der Waals surface area (Å²) in [5.41, 5.74) is 0. The molecule has 0 unspecified atom stereocenters. The minimum absolute atomic E-state index is 1.04. The zero-order valence-corrected chi connectivity index (χ0v) is 16.1. The van der Waals surface area contributed by atoms with Gasteiger partial charge in [0.1, 0.15) is 0 Å². The van der Waals surface area contributed by atoms with Crippen molar-refractivity contribution in [2.75, 3.05) is 0 Å². The number of hydrogen-bond acceptors (Lipinski definition) is 0. The monoisotopic (exact) mass is 319 g/mol. The Kier molecular flexibility index (Phi) is 21.1. The highest BCUT2D eigenvalue weighted by Crippen LogP contribution is 2.14. The van der Waals surface area contributed by atoms with Crippen molar-refractivity contribution >= 4 is 0 Å². The van der Waals surface area contributed by atoms with E-state index in [4.69, 9.17) is 0 Å². The summed E-state index contributed by atoms with van der Waals surface area (Å²) in [6.45, 7) is 5.84. The first-order chi connectivity index (χ1) is 11.4. The van der Waals surface area contributed by atoms with E-state index in [1.165, 1.54) is 116 Å².